The molecule has 0 amide bonds. The second kappa shape index (κ2) is 6.99. The Hall–Kier alpha value is -0.770. The van der Waals surface area contributed by atoms with Crippen LogP contribution in [0.3, 0.4) is 0 Å². The molecule has 3 rings (SSSR count). The lowest BCUT2D eigenvalue weighted by molar-refractivity contribution is 0.0947. The van der Waals surface area contributed by atoms with Crippen molar-refractivity contribution in [3.63, 3.8) is 0 Å². The normalized spacial score (nSPS) is 22.1. The van der Waals surface area contributed by atoms with Gasteiger partial charge in [0.15, 0.2) is 0 Å². The second-order valence-corrected chi connectivity index (χ2v) is 6.42. The third-order valence-electron chi connectivity index (χ3n) is 4.36. The van der Waals surface area contributed by atoms with Gasteiger partial charge in [0.25, 0.3) is 0 Å². The summed E-state index contributed by atoms with van der Waals surface area (Å²) in [4.78, 5) is 0. The lowest BCUT2D eigenvalue weighted by Gasteiger charge is -2.22. The highest BCUT2D eigenvalue weighted by Gasteiger charge is 2.24. The first kappa shape index (κ1) is 15.1. The lowest BCUT2D eigenvalue weighted by Crippen LogP contribution is -2.34. The van der Waals surface area contributed by atoms with Crippen molar-refractivity contribution in [3.05, 3.63) is 28.3 Å². The maximum atomic E-state index is 6.26. The Morgan fingerprint density at radius 1 is 1.38 bits per heavy atom. The summed E-state index contributed by atoms with van der Waals surface area (Å²) >= 11 is 6.26. The van der Waals surface area contributed by atoms with E-state index in [1.54, 1.807) is 0 Å². The van der Waals surface area contributed by atoms with Crippen molar-refractivity contribution in [2.75, 3.05) is 19.8 Å². The highest BCUT2D eigenvalue weighted by atomic mass is 35.5. The number of hydrogen-bond donors (Lipinski definition) is 1. The van der Waals surface area contributed by atoms with Gasteiger partial charge in [0.2, 0.25) is 0 Å². The Morgan fingerprint density at radius 2 is 2.29 bits per heavy atom. The number of rotatable bonds is 6. The van der Waals surface area contributed by atoms with Gasteiger partial charge in [-0.05, 0) is 55.5 Å². The largest absolute Gasteiger partial charge is 0.493 e. The second-order valence-electron chi connectivity index (χ2n) is 5.98. The van der Waals surface area contributed by atoms with Gasteiger partial charge in [-0.3, -0.25) is 0 Å². The molecule has 3 nitrogen and oxygen atoms in total. The third-order valence-corrected chi connectivity index (χ3v) is 4.57. The molecule has 0 saturated carbocycles. The van der Waals surface area contributed by atoms with E-state index in [1.807, 2.05) is 6.07 Å². The van der Waals surface area contributed by atoms with Crippen LogP contribution in [-0.2, 0) is 17.6 Å². The van der Waals surface area contributed by atoms with Gasteiger partial charge in [-0.2, -0.15) is 0 Å². The topological polar surface area (TPSA) is 30.5 Å². The van der Waals surface area contributed by atoms with Crippen LogP contribution < -0.4 is 10.1 Å². The number of fused-ring (bicyclic) bond motifs is 1. The summed E-state index contributed by atoms with van der Waals surface area (Å²) in [7, 11) is 0. The highest BCUT2D eigenvalue weighted by Crippen LogP contribution is 2.34. The number of nitrogens with one attached hydrogen (secondary N) is 1. The van der Waals surface area contributed by atoms with Crippen LogP contribution in [0, 0.1) is 0 Å². The minimum Gasteiger partial charge on any atom is -0.493 e. The molecule has 1 N–H and O–H groups in total. The quantitative estimate of drug-likeness (QED) is 0.874. The van der Waals surface area contributed by atoms with Crippen molar-refractivity contribution in [1.29, 1.82) is 0 Å². The summed E-state index contributed by atoms with van der Waals surface area (Å²) in [6.07, 6.45) is 5.78. The zero-order valence-electron chi connectivity index (χ0n) is 12.7. The van der Waals surface area contributed by atoms with E-state index in [9.17, 15) is 0 Å². The molecule has 21 heavy (non-hydrogen) atoms. The molecule has 1 aromatic carbocycles. The Kier molecular flexibility index (Phi) is 5.04. The van der Waals surface area contributed by atoms with Gasteiger partial charge in [-0.15, -0.1) is 0 Å². The number of halogens is 1. The molecule has 0 aliphatic carbocycles. The number of benzene rings is 1. The first-order valence-corrected chi connectivity index (χ1v) is 8.43. The molecule has 2 atom stereocenters. The Morgan fingerprint density at radius 3 is 3.05 bits per heavy atom. The van der Waals surface area contributed by atoms with Crippen LogP contribution in [0.4, 0.5) is 0 Å². The fourth-order valence-corrected chi connectivity index (χ4v) is 3.70. The number of likely N-dealkylation sites (N-methyl/N-ethyl adjacent to an activating group) is 1. The highest BCUT2D eigenvalue weighted by molar-refractivity contribution is 6.30. The molecule has 2 unspecified atom stereocenters. The fourth-order valence-electron chi connectivity index (χ4n) is 3.44. The molecule has 0 aromatic heterocycles. The summed E-state index contributed by atoms with van der Waals surface area (Å²) in [5.74, 6) is 1.06. The zero-order chi connectivity index (χ0) is 14.7. The summed E-state index contributed by atoms with van der Waals surface area (Å²) in [5, 5.41) is 4.41. The van der Waals surface area contributed by atoms with Crippen LogP contribution in [0.15, 0.2) is 12.1 Å². The molecule has 2 aliphatic rings. The van der Waals surface area contributed by atoms with Crippen molar-refractivity contribution in [2.24, 2.45) is 0 Å². The smallest absolute Gasteiger partial charge is 0.125 e. The van der Waals surface area contributed by atoms with Gasteiger partial charge in [0.05, 0.1) is 12.7 Å². The van der Waals surface area contributed by atoms with E-state index in [2.05, 4.69) is 18.3 Å². The Balaban J connectivity index is 1.72. The molecule has 1 saturated heterocycles. The molecule has 0 radical (unpaired) electrons. The maximum Gasteiger partial charge on any atom is 0.125 e. The van der Waals surface area contributed by atoms with Crippen molar-refractivity contribution in [1.82, 2.24) is 5.32 Å². The number of hydrogen-bond acceptors (Lipinski definition) is 3. The molecular weight excluding hydrogens is 286 g/mol. The average Bonchev–Trinajstić information content (AvgIpc) is 3.09. The fraction of sp³-hybridized carbons (Fsp3) is 0.647. The van der Waals surface area contributed by atoms with Crippen LogP contribution in [0.1, 0.15) is 37.3 Å². The van der Waals surface area contributed by atoms with Gasteiger partial charge in [-0.1, -0.05) is 18.5 Å². The average molecular weight is 310 g/mol. The molecular formula is C17H24ClNO2. The van der Waals surface area contributed by atoms with Gasteiger partial charge >= 0.3 is 0 Å². The van der Waals surface area contributed by atoms with E-state index in [0.717, 1.165) is 49.8 Å². The minimum atomic E-state index is 0.405. The standard InChI is InChI=1S/C17H24ClNO2/c1-2-19-15(11-16-4-3-6-20-16)10-13-9-14(18)8-12-5-7-21-17(12)13/h8-9,15-16,19H,2-7,10-11H2,1H3. The van der Waals surface area contributed by atoms with Gasteiger partial charge in [-0.25, -0.2) is 0 Å². The zero-order valence-corrected chi connectivity index (χ0v) is 13.4. The van der Waals surface area contributed by atoms with Gasteiger partial charge < -0.3 is 14.8 Å². The van der Waals surface area contributed by atoms with Crippen molar-refractivity contribution in [2.45, 2.75) is 51.2 Å². The van der Waals surface area contributed by atoms with Crippen LogP contribution in [-0.4, -0.2) is 31.9 Å². The van der Waals surface area contributed by atoms with E-state index < -0.39 is 0 Å². The SMILES string of the molecule is CCNC(Cc1cc(Cl)cc2c1OCC2)CC1CCCO1. The van der Waals surface area contributed by atoms with E-state index in [4.69, 9.17) is 21.1 Å². The monoisotopic (exact) mass is 309 g/mol. The van der Waals surface area contributed by atoms with Crippen LogP contribution in [0.5, 0.6) is 5.75 Å². The molecule has 4 heteroatoms. The van der Waals surface area contributed by atoms with E-state index in [-0.39, 0.29) is 0 Å². The third kappa shape index (κ3) is 3.71. The van der Waals surface area contributed by atoms with E-state index in [1.165, 1.54) is 24.0 Å². The first-order chi connectivity index (χ1) is 10.3. The predicted molar refractivity (Wildman–Crippen MR) is 85.4 cm³/mol. The molecule has 2 aliphatic heterocycles. The van der Waals surface area contributed by atoms with Crippen LogP contribution in [0.2, 0.25) is 5.02 Å². The molecule has 116 valence electrons. The van der Waals surface area contributed by atoms with E-state index in [0.29, 0.717) is 12.1 Å². The van der Waals surface area contributed by atoms with Crippen molar-refractivity contribution in [3.8, 4) is 5.75 Å². The Labute approximate surface area is 132 Å². The lowest BCUT2D eigenvalue weighted by atomic mass is 9.97. The molecule has 0 bridgehead atoms. The summed E-state index contributed by atoms with van der Waals surface area (Å²) in [5.41, 5.74) is 2.49. The predicted octanol–water partition coefficient (Wildman–Crippen LogP) is 3.36. The van der Waals surface area contributed by atoms with Crippen LogP contribution >= 0.6 is 11.6 Å². The summed E-state index contributed by atoms with van der Waals surface area (Å²) < 4.78 is 11.6. The molecule has 1 fully saturated rings. The minimum absolute atomic E-state index is 0.405. The first-order valence-electron chi connectivity index (χ1n) is 8.05. The molecule has 2 heterocycles. The summed E-state index contributed by atoms with van der Waals surface area (Å²) in [6.45, 7) is 4.82. The molecule has 1 aromatic rings. The number of ether oxygens (including phenoxy) is 2. The Bertz CT molecular complexity index is 486. The van der Waals surface area contributed by atoms with Crippen LogP contribution in [0.25, 0.3) is 0 Å². The van der Waals surface area contributed by atoms with Crippen molar-refractivity contribution < 1.29 is 9.47 Å². The van der Waals surface area contributed by atoms with Gasteiger partial charge in [0, 0.05) is 24.1 Å². The van der Waals surface area contributed by atoms with Crippen molar-refractivity contribution >= 4 is 11.6 Å². The molecule has 0 spiro atoms. The summed E-state index contributed by atoms with van der Waals surface area (Å²) in [6, 6.07) is 4.52. The van der Waals surface area contributed by atoms with E-state index >= 15 is 0 Å². The maximum absolute atomic E-state index is 6.26. The van der Waals surface area contributed by atoms with Gasteiger partial charge in [0.1, 0.15) is 5.75 Å².